The number of nitrogens with zero attached hydrogens (tertiary/aromatic N) is 1. The van der Waals surface area contributed by atoms with Crippen molar-refractivity contribution in [1.29, 1.82) is 0 Å². The van der Waals surface area contributed by atoms with Crippen molar-refractivity contribution < 1.29 is 14.3 Å². The van der Waals surface area contributed by atoms with Crippen LogP contribution in [0.15, 0.2) is 48.5 Å². The monoisotopic (exact) mass is 374 g/mol. The molecule has 0 saturated carbocycles. The largest absolute Gasteiger partial charge is 0.497 e. The molecule has 0 atom stereocenters. The topological polar surface area (TPSA) is 58.6 Å². The summed E-state index contributed by atoms with van der Waals surface area (Å²) in [6, 6.07) is 14.8. The maximum absolute atomic E-state index is 12.1. The van der Waals surface area contributed by atoms with Gasteiger partial charge in [0.15, 0.2) is 0 Å². The van der Waals surface area contributed by atoms with Gasteiger partial charge in [0.25, 0.3) is 0 Å². The van der Waals surface area contributed by atoms with Gasteiger partial charge < -0.3 is 15.0 Å². The van der Waals surface area contributed by atoms with E-state index >= 15 is 0 Å². The van der Waals surface area contributed by atoms with Crippen molar-refractivity contribution in [1.82, 2.24) is 5.32 Å². The molecule has 2 aromatic carbocycles. The van der Waals surface area contributed by atoms with Gasteiger partial charge in [0.2, 0.25) is 11.8 Å². The Labute approximate surface area is 158 Å². The van der Waals surface area contributed by atoms with Gasteiger partial charge in [-0.3, -0.25) is 9.59 Å². The summed E-state index contributed by atoms with van der Waals surface area (Å²) >= 11 is 5.98. The van der Waals surface area contributed by atoms with Gasteiger partial charge in [-0.2, -0.15) is 0 Å². The van der Waals surface area contributed by atoms with E-state index in [1.165, 1.54) is 6.92 Å². The highest BCUT2D eigenvalue weighted by Gasteiger charge is 2.13. The van der Waals surface area contributed by atoms with Gasteiger partial charge in [-0.1, -0.05) is 29.8 Å². The number of nitrogens with one attached hydrogen (secondary N) is 1. The third-order valence-corrected chi connectivity index (χ3v) is 4.17. The Kier molecular flexibility index (Phi) is 7.48. The first-order valence-corrected chi connectivity index (χ1v) is 8.80. The first-order chi connectivity index (χ1) is 12.5. The summed E-state index contributed by atoms with van der Waals surface area (Å²) in [4.78, 5) is 25.5. The second-order valence-electron chi connectivity index (χ2n) is 5.85. The van der Waals surface area contributed by atoms with Crippen LogP contribution in [0.25, 0.3) is 0 Å². The van der Waals surface area contributed by atoms with Gasteiger partial charge in [-0.05, 0) is 42.3 Å². The number of ether oxygens (including phenoxy) is 1. The molecule has 0 spiro atoms. The van der Waals surface area contributed by atoms with Crippen LogP contribution in [0.2, 0.25) is 5.02 Å². The van der Waals surface area contributed by atoms with Crippen LogP contribution in [-0.4, -0.2) is 32.0 Å². The fourth-order valence-corrected chi connectivity index (χ4v) is 2.77. The van der Waals surface area contributed by atoms with Crippen molar-refractivity contribution in [2.75, 3.05) is 25.1 Å². The number of anilines is 1. The van der Waals surface area contributed by atoms with Gasteiger partial charge in [0.05, 0.1) is 7.11 Å². The SMILES string of the molecule is COc1cccc(CCNC(=O)CCN(C(C)=O)c2cccc(Cl)c2)c1. The second kappa shape index (κ2) is 9.82. The minimum atomic E-state index is -0.128. The van der Waals surface area contributed by atoms with Crippen LogP contribution in [0, 0.1) is 0 Å². The van der Waals surface area contributed by atoms with E-state index in [9.17, 15) is 9.59 Å². The smallest absolute Gasteiger partial charge is 0.223 e. The van der Waals surface area contributed by atoms with Gasteiger partial charge in [0.1, 0.15) is 5.75 Å². The molecule has 0 heterocycles. The van der Waals surface area contributed by atoms with Gasteiger partial charge >= 0.3 is 0 Å². The highest BCUT2D eigenvalue weighted by Crippen LogP contribution is 2.20. The zero-order chi connectivity index (χ0) is 18.9. The highest BCUT2D eigenvalue weighted by atomic mass is 35.5. The molecule has 0 radical (unpaired) electrons. The van der Waals surface area contributed by atoms with E-state index in [1.54, 1.807) is 36.3 Å². The molecule has 6 heteroatoms. The number of methoxy groups -OCH3 is 1. The molecule has 0 fully saturated rings. The van der Waals surface area contributed by atoms with E-state index in [1.807, 2.05) is 24.3 Å². The summed E-state index contributed by atoms with van der Waals surface area (Å²) in [6.45, 7) is 2.31. The van der Waals surface area contributed by atoms with Crippen LogP contribution in [0.1, 0.15) is 18.9 Å². The molecule has 5 nitrogen and oxygen atoms in total. The zero-order valence-electron chi connectivity index (χ0n) is 15.0. The maximum atomic E-state index is 12.1. The van der Waals surface area contributed by atoms with Crippen LogP contribution in [0.4, 0.5) is 5.69 Å². The van der Waals surface area contributed by atoms with E-state index in [2.05, 4.69) is 5.32 Å². The lowest BCUT2D eigenvalue weighted by Crippen LogP contribution is -2.34. The maximum Gasteiger partial charge on any atom is 0.223 e. The number of carbonyl (C=O) groups excluding carboxylic acids is 2. The van der Waals surface area contributed by atoms with E-state index in [0.29, 0.717) is 30.2 Å². The summed E-state index contributed by atoms with van der Waals surface area (Å²) < 4.78 is 5.19. The van der Waals surface area contributed by atoms with Crippen molar-refractivity contribution >= 4 is 29.1 Å². The first-order valence-electron chi connectivity index (χ1n) is 8.43. The third-order valence-electron chi connectivity index (χ3n) is 3.93. The lowest BCUT2D eigenvalue weighted by Gasteiger charge is -2.21. The van der Waals surface area contributed by atoms with Crippen LogP contribution in [0.3, 0.4) is 0 Å². The summed E-state index contributed by atoms with van der Waals surface area (Å²) in [5.74, 6) is 0.574. The van der Waals surface area contributed by atoms with Crippen LogP contribution in [-0.2, 0) is 16.0 Å². The molecule has 0 aliphatic carbocycles. The van der Waals surface area contributed by atoms with E-state index in [4.69, 9.17) is 16.3 Å². The highest BCUT2D eigenvalue weighted by molar-refractivity contribution is 6.30. The second-order valence-corrected chi connectivity index (χ2v) is 6.29. The van der Waals surface area contributed by atoms with E-state index in [-0.39, 0.29) is 18.2 Å². The third kappa shape index (κ3) is 6.08. The average molecular weight is 375 g/mol. The molecule has 0 aromatic heterocycles. The van der Waals surface area contributed by atoms with Crippen LogP contribution < -0.4 is 15.0 Å². The molecule has 0 saturated heterocycles. The molecule has 0 bridgehead atoms. The molecular weight excluding hydrogens is 352 g/mol. The lowest BCUT2D eigenvalue weighted by atomic mass is 10.1. The molecule has 0 unspecified atom stereocenters. The lowest BCUT2D eigenvalue weighted by molar-refractivity contribution is -0.121. The minimum absolute atomic E-state index is 0.0961. The molecule has 0 aliphatic rings. The molecule has 1 N–H and O–H groups in total. The fraction of sp³-hybridized carbons (Fsp3) is 0.300. The summed E-state index contributed by atoms with van der Waals surface area (Å²) in [5, 5.41) is 3.43. The Morgan fingerprint density at radius 3 is 2.62 bits per heavy atom. The quantitative estimate of drug-likeness (QED) is 0.769. The molecule has 2 amide bonds. The Hall–Kier alpha value is -2.53. The number of halogens is 1. The van der Waals surface area contributed by atoms with Gasteiger partial charge in [-0.25, -0.2) is 0 Å². The van der Waals surface area contributed by atoms with Crippen molar-refractivity contribution in [2.24, 2.45) is 0 Å². The summed E-state index contributed by atoms with van der Waals surface area (Å²) in [7, 11) is 1.63. The van der Waals surface area contributed by atoms with Gasteiger partial charge in [0, 0.05) is 37.1 Å². The standard InChI is InChI=1S/C20H23ClN2O3/c1-15(24)23(18-7-4-6-17(21)14-18)12-10-20(25)22-11-9-16-5-3-8-19(13-16)26-2/h3-8,13-14H,9-12H2,1-2H3,(H,22,25). The predicted molar refractivity (Wildman–Crippen MR) is 104 cm³/mol. The van der Waals surface area contributed by atoms with Gasteiger partial charge in [-0.15, -0.1) is 0 Å². The molecule has 0 aliphatic heterocycles. The number of benzene rings is 2. The van der Waals surface area contributed by atoms with E-state index in [0.717, 1.165) is 11.3 Å². The minimum Gasteiger partial charge on any atom is -0.497 e. The van der Waals surface area contributed by atoms with Crippen LogP contribution >= 0.6 is 11.6 Å². The first kappa shape index (κ1) is 19.8. The van der Waals surface area contributed by atoms with Crippen molar-refractivity contribution in [3.05, 3.63) is 59.1 Å². The zero-order valence-corrected chi connectivity index (χ0v) is 15.8. The Balaban J connectivity index is 1.82. The molecule has 26 heavy (non-hydrogen) atoms. The van der Waals surface area contributed by atoms with E-state index < -0.39 is 0 Å². The number of carbonyl (C=O) groups is 2. The Bertz CT molecular complexity index is 764. The average Bonchev–Trinajstić information content (AvgIpc) is 2.62. The normalized spacial score (nSPS) is 10.3. The summed E-state index contributed by atoms with van der Waals surface area (Å²) in [6.07, 6.45) is 0.942. The Morgan fingerprint density at radius 2 is 1.92 bits per heavy atom. The number of amides is 2. The molecule has 2 aromatic rings. The molecule has 138 valence electrons. The van der Waals surface area contributed by atoms with Crippen LogP contribution in [0.5, 0.6) is 5.75 Å². The Morgan fingerprint density at radius 1 is 1.15 bits per heavy atom. The van der Waals surface area contributed by atoms with Crippen molar-refractivity contribution in [2.45, 2.75) is 19.8 Å². The number of hydrogen-bond donors (Lipinski definition) is 1. The number of hydrogen-bond acceptors (Lipinski definition) is 3. The number of rotatable bonds is 8. The molecular formula is C20H23ClN2O3. The van der Waals surface area contributed by atoms with Crippen molar-refractivity contribution in [3.63, 3.8) is 0 Å². The fourth-order valence-electron chi connectivity index (χ4n) is 2.59. The summed E-state index contributed by atoms with van der Waals surface area (Å²) in [5.41, 5.74) is 1.78. The molecule has 2 rings (SSSR count). The predicted octanol–water partition coefficient (Wildman–Crippen LogP) is 3.45. The van der Waals surface area contributed by atoms with Crippen molar-refractivity contribution in [3.8, 4) is 5.75 Å².